The highest BCUT2D eigenvalue weighted by atomic mass is 32.2. The summed E-state index contributed by atoms with van der Waals surface area (Å²) in [6.45, 7) is 4.57. The van der Waals surface area contributed by atoms with Gasteiger partial charge in [-0.15, -0.1) is 0 Å². The summed E-state index contributed by atoms with van der Waals surface area (Å²) in [5.74, 6) is 0.517. The van der Waals surface area contributed by atoms with E-state index in [0.29, 0.717) is 24.5 Å². The molecule has 2 N–H and O–H groups in total. The van der Waals surface area contributed by atoms with Crippen molar-refractivity contribution in [1.29, 1.82) is 0 Å². The zero-order valence-electron chi connectivity index (χ0n) is 11.8. The molecule has 20 heavy (non-hydrogen) atoms. The maximum Gasteiger partial charge on any atom is 0.240 e. The molecule has 1 aromatic rings. The van der Waals surface area contributed by atoms with E-state index in [-0.39, 0.29) is 16.9 Å². The number of nitrogens with one attached hydrogen (secondary N) is 1. The van der Waals surface area contributed by atoms with E-state index in [1.807, 2.05) is 6.92 Å². The van der Waals surface area contributed by atoms with Gasteiger partial charge in [-0.25, -0.2) is 13.1 Å². The first-order chi connectivity index (χ1) is 9.40. The number of benzene rings is 1. The number of hydrogen-bond acceptors (Lipinski definition) is 4. The average molecular weight is 299 g/mol. The van der Waals surface area contributed by atoms with Crippen LogP contribution in [-0.4, -0.2) is 26.7 Å². The Balaban J connectivity index is 2.18. The van der Waals surface area contributed by atoms with Crippen LogP contribution in [0.15, 0.2) is 23.1 Å². The van der Waals surface area contributed by atoms with Gasteiger partial charge in [0.15, 0.2) is 0 Å². The quantitative estimate of drug-likeness (QED) is 0.803. The van der Waals surface area contributed by atoms with Crippen LogP contribution in [0, 0.1) is 5.41 Å². The summed E-state index contributed by atoms with van der Waals surface area (Å²) in [5.41, 5.74) is 0.588. The lowest BCUT2D eigenvalue weighted by Crippen LogP contribution is -2.29. The molecule has 0 unspecified atom stereocenters. The highest BCUT2D eigenvalue weighted by Crippen LogP contribution is 2.44. The first kappa shape index (κ1) is 15.3. The van der Waals surface area contributed by atoms with Crippen LogP contribution >= 0.6 is 0 Å². The van der Waals surface area contributed by atoms with Gasteiger partial charge < -0.3 is 9.84 Å². The van der Waals surface area contributed by atoms with Gasteiger partial charge in [-0.1, -0.05) is 6.92 Å². The normalized spacial score (nSPS) is 16.9. The molecule has 1 aliphatic carbocycles. The van der Waals surface area contributed by atoms with Crippen LogP contribution in [0.3, 0.4) is 0 Å². The summed E-state index contributed by atoms with van der Waals surface area (Å²) < 4.78 is 32.4. The minimum Gasteiger partial charge on any atom is -0.494 e. The van der Waals surface area contributed by atoms with E-state index in [9.17, 15) is 13.5 Å². The smallest absolute Gasteiger partial charge is 0.240 e. The van der Waals surface area contributed by atoms with Gasteiger partial charge in [-0.2, -0.15) is 0 Å². The molecule has 1 aliphatic rings. The van der Waals surface area contributed by atoms with Crippen LogP contribution in [0.1, 0.15) is 32.3 Å². The Kier molecular flexibility index (Phi) is 4.36. The fourth-order valence-electron chi connectivity index (χ4n) is 1.89. The molecule has 5 nitrogen and oxygen atoms in total. The number of ether oxygens (including phenoxy) is 1. The predicted molar refractivity (Wildman–Crippen MR) is 76.1 cm³/mol. The molecule has 0 saturated heterocycles. The molecular formula is C14H21NO4S. The lowest BCUT2D eigenvalue weighted by molar-refractivity contribution is 0.266. The SMILES string of the molecule is CCOc1ccc(S(=O)(=O)NCC2(C)CC2)cc1CO. The third kappa shape index (κ3) is 3.50. The van der Waals surface area contributed by atoms with E-state index in [2.05, 4.69) is 11.6 Å². The van der Waals surface area contributed by atoms with Gasteiger partial charge in [0.1, 0.15) is 5.75 Å². The highest BCUT2D eigenvalue weighted by molar-refractivity contribution is 7.89. The molecule has 0 aliphatic heterocycles. The van der Waals surface area contributed by atoms with Gasteiger partial charge in [0.2, 0.25) is 10.0 Å². The second-order valence-electron chi connectivity index (χ2n) is 5.50. The Morgan fingerprint density at radius 3 is 2.65 bits per heavy atom. The summed E-state index contributed by atoms with van der Waals surface area (Å²) in [6.07, 6.45) is 2.11. The number of aliphatic hydroxyl groups excluding tert-OH is 1. The minimum absolute atomic E-state index is 0.109. The molecule has 2 rings (SSSR count). The van der Waals surface area contributed by atoms with Crippen LogP contribution in [0.25, 0.3) is 0 Å². The zero-order valence-corrected chi connectivity index (χ0v) is 12.7. The first-order valence-corrected chi connectivity index (χ1v) is 8.25. The second-order valence-corrected chi connectivity index (χ2v) is 7.26. The number of aliphatic hydroxyl groups is 1. The fraction of sp³-hybridized carbons (Fsp3) is 0.571. The molecule has 1 fully saturated rings. The molecule has 0 radical (unpaired) electrons. The molecule has 0 aromatic heterocycles. The van der Waals surface area contributed by atoms with Crippen molar-refractivity contribution < 1.29 is 18.3 Å². The Bertz CT molecular complexity index is 579. The van der Waals surface area contributed by atoms with Gasteiger partial charge in [0, 0.05) is 12.1 Å². The predicted octanol–water partition coefficient (Wildman–Crippen LogP) is 1.66. The van der Waals surface area contributed by atoms with E-state index in [0.717, 1.165) is 12.8 Å². The van der Waals surface area contributed by atoms with Crippen molar-refractivity contribution in [2.24, 2.45) is 5.41 Å². The Labute approximate surface area is 120 Å². The Morgan fingerprint density at radius 2 is 2.10 bits per heavy atom. The number of rotatable bonds is 7. The summed E-state index contributed by atoms with van der Waals surface area (Å²) in [6, 6.07) is 4.55. The van der Waals surface area contributed by atoms with Crippen molar-refractivity contribution in [2.45, 2.75) is 38.2 Å². The van der Waals surface area contributed by atoms with Crippen LogP contribution in [-0.2, 0) is 16.6 Å². The maximum atomic E-state index is 12.2. The van der Waals surface area contributed by atoms with Gasteiger partial charge in [0.05, 0.1) is 18.1 Å². The average Bonchev–Trinajstić information content (AvgIpc) is 3.16. The summed E-state index contributed by atoms with van der Waals surface area (Å²) >= 11 is 0. The van der Waals surface area contributed by atoms with Crippen molar-refractivity contribution in [1.82, 2.24) is 4.72 Å². The molecule has 0 heterocycles. The molecule has 1 saturated carbocycles. The van der Waals surface area contributed by atoms with Crippen molar-refractivity contribution in [3.05, 3.63) is 23.8 Å². The lowest BCUT2D eigenvalue weighted by Gasteiger charge is -2.13. The van der Waals surface area contributed by atoms with E-state index < -0.39 is 10.0 Å². The van der Waals surface area contributed by atoms with Crippen LogP contribution < -0.4 is 9.46 Å². The molecule has 6 heteroatoms. The number of sulfonamides is 1. The topological polar surface area (TPSA) is 75.6 Å². The largest absolute Gasteiger partial charge is 0.494 e. The zero-order chi connectivity index (χ0) is 14.8. The lowest BCUT2D eigenvalue weighted by atomic mass is 10.2. The van der Waals surface area contributed by atoms with Gasteiger partial charge in [0.25, 0.3) is 0 Å². The summed E-state index contributed by atoms with van der Waals surface area (Å²) in [4.78, 5) is 0.161. The second kappa shape index (κ2) is 5.71. The van der Waals surface area contributed by atoms with Crippen LogP contribution in [0.2, 0.25) is 0 Å². The van der Waals surface area contributed by atoms with Crippen molar-refractivity contribution in [3.63, 3.8) is 0 Å². The maximum absolute atomic E-state index is 12.2. The van der Waals surface area contributed by atoms with Crippen molar-refractivity contribution in [2.75, 3.05) is 13.2 Å². The summed E-state index contributed by atoms with van der Waals surface area (Å²) in [7, 11) is -3.53. The third-order valence-electron chi connectivity index (χ3n) is 3.60. The molecule has 0 amide bonds. The molecule has 0 spiro atoms. The molecule has 1 aromatic carbocycles. The number of hydrogen-bond donors (Lipinski definition) is 2. The van der Waals surface area contributed by atoms with E-state index in [1.54, 1.807) is 6.07 Å². The third-order valence-corrected chi connectivity index (χ3v) is 5.00. The van der Waals surface area contributed by atoms with Crippen molar-refractivity contribution in [3.8, 4) is 5.75 Å². The standard InChI is InChI=1S/C14H21NO4S/c1-3-19-13-5-4-12(8-11(13)9-16)20(17,18)15-10-14(2)6-7-14/h4-5,8,15-16H,3,6-7,9-10H2,1-2H3. The first-order valence-electron chi connectivity index (χ1n) is 6.76. The van der Waals surface area contributed by atoms with Crippen LogP contribution in [0.5, 0.6) is 5.75 Å². The Hall–Kier alpha value is -1.11. The van der Waals surface area contributed by atoms with Gasteiger partial charge in [-0.05, 0) is 43.4 Å². The van der Waals surface area contributed by atoms with Crippen molar-refractivity contribution >= 4 is 10.0 Å². The summed E-state index contributed by atoms with van der Waals surface area (Å²) in [5, 5.41) is 9.31. The molecule has 0 atom stereocenters. The molecule has 112 valence electrons. The molecular weight excluding hydrogens is 278 g/mol. The Morgan fingerprint density at radius 1 is 1.40 bits per heavy atom. The van der Waals surface area contributed by atoms with E-state index in [1.165, 1.54) is 12.1 Å². The van der Waals surface area contributed by atoms with E-state index >= 15 is 0 Å². The van der Waals surface area contributed by atoms with E-state index in [4.69, 9.17) is 4.74 Å². The molecule has 0 bridgehead atoms. The fourth-order valence-corrected chi connectivity index (χ4v) is 3.14. The van der Waals surface area contributed by atoms with Gasteiger partial charge in [-0.3, -0.25) is 0 Å². The minimum atomic E-state index is -3.53. The monoisotopic (exact) mass is 299 g/mol. The van der Waals surface area contributed by atoms with Gasteiger partial charge >= 0.3 is 0 Å². The highest BCUT2D eigenvalue weighted by Gasteiger charge is 2.38. The van der Waals surface area contributed by atoms with Crippen LogP contribution in [0.4, 0.5) is 0 Å².